The second kappa shape index (κ2) is 8.38. The molecule has 1 amide bonds. The van der Waals surface area contributed by atoms with Crippen molar-refractivity contribution < 1.29 is 4.79 Å². The quantitative estimate of drug-likeness (QED) is 0.665. The Morgan fingerprint density at radius 2 is 1.87 bits per heavy atom. The van der Waals surface area contributed by atoms with Crippen molar-refractivity contribution in [3.05, 3.63) is 36.0 Å². The van der Waals surface area contributed by atoms with E-state index in [2.05, 4.69) is 41.4 Å². The Bertz CT molecular complexity index is 979. The highest BCUT2D eigenvalue weighted by Gasteiger charge is 2.28. The van der Waals surface area contributed by atoms with Gasteiger partial charge >= 0.3 is 0 Å². The number of anilines is 1. The van der Waals surface area contributed by atoms with Gasteiger partial charge in [-0.3, -0.25) is 4.79 Å². The lowest BCUT2D eigenvalue weighted by Crippen LogP contribution is -2.43. The van der Waals surface area contributed by atoms with Gasteiger partial charge in [-0.25, -0.2) is 9.50 Å². The Morgan fingerprint density at radius 3 is 2.53 bits per heavy atom. The van der Waals surface area contributed by atoms with Crippen molar-refractivity contribution in [2.75, 3.05) is 18.0 Å². The lowest BCUT2D eigenvalue weighted by molar-refractivity contribution is -0.126. The molecule has 3 aromatic rings. The molecular weight excluding hydrogens is 394 g/mol. The van der Waals surface area contributed by atoms with Crippen LogP contribution in [0.25, 0.3) is 16.2 Å². The second-order valence-electron chi connectivity index (χ2n) is 8.54. The van der Waals surface area contributed by atoms with Gasteiger partial charge in [-0.2, -0.15) is 0 Å². The topological polar surface area (TPSA) is 62.5 Å². The van der Waals surface area contributed by atoms with Gasteiger partial charge in [0.25, 0.3) is 0 Å². The van der Waals surface area contributed by atoms with Crippen molar-refractivity contribution in [2.45, 2.75) is 57.9 Å². The first-order valence-corrected chi connectivity index (χ1v) is 12.0. The largest absolute Gasteiger partial charge is 0.353 e. The molecule has 158 valence electrons. The summed E-state index contributed by atoms with van der Waals surface area (Å²) in [5.74, 6) is 0.401. The minimum absolute atomic E-state index is 0.142. The van der Waals surface area contributed by atoms with E-state index in [-0.39, 0.29) is 11.8 Å². The number of benzene rings is 1. The minimum atomic E-state index is 0.142. The number of rotatable bonds is 5. The molecule has 1 saturated carbocycles. The summed E-state index contributed by atoms with van der Waals surface area (Å²) in [5, 5.41) is 9.03. The highest BCUT2D eigenvalue weighted by atomic mass is 32.1. The molecule has 7 heteroatoms. The number of carbonyl (C=O) groups is 1. The highest BCUT2D eigenvalue weighted by molar-refractivity contribution is 7.20. The van der Waals surface area contributed by atoms with Crippen molar-refractivity contribution in [3.8, 4) is 11.3 Å². The molecule has 0 radical (unpaired) electrons. The van der Waals surface area contributed by atoms with Crippen LogP contribution in [0, 0.1) is 5.92 Å². The van der Waals surface area contributed by atoms with E-state index in [0.717, 1.165) is 66.5 Å². The molecule has 0 atom stereocenters. The molecule has 30 heavy (non-hydrogen) atoms. The van der Waals surface area contributed by atoms with Crippen LogP contribution < -0.4 is 10.2 Å². The lowest BCUT2D eigenvalue weighted by atomic mass is 9.96. The molecule has 0 bridgehead atoms. The Hall–Kier alpha value is -2.41. The summed E-state index contributed by atoms with van der Waals surface area (Å²) in [6, 6.07) is 9.00. The molecule has 1 aliphatic carbocycles. The maximum atomic E-state index is 12.6. The number of fused-ring (bicyclic) bond motifs is 1. The molecule has 3 heterocycles. The van der Waals surface area contributed by atoms with E-state index in [1.807, 2.05) is 10.7 Å². The molecule has 2 aliphatic rings. The summed E-state index contributed by atoms with van der Waals surface area (Å²) in [5.41, 5.74) is 3.42. The molecule has 0 spiro atoms. The van der Waals surface area contributed by atoms with E-state index >= 15 is 0 Å². The molecule has 2 aromatic heterocycles. The van der Waals surface area contributed by atoms with Gasteiger partial charge in [0.05, 0.1) is 11.9 Å². The van der Waals surface area contributed by atoms with Crippen molar-refractivity contribution in [1.29, 1.82) is 0 Å². The third kappa shape index (κ3) is 3.95. The Labute approximate surface area is 181 Å². The van der Waals surface area contributed by atoms with Crippen molar-refractivity contribution in [3.63, 3.8) is 0 Å². The van der Waals surface area contributed by atoms with Crippen LogP contribution in [0.1, 0.15) is 51.0 Å². The summed E-state index contributed by atoms with van der Waals surface area (Å²) >= 11 is 1.63. The Morgan fingerprint density at radius 1 is 1.13 bits per heavy atom. The maximum absolute atomic E-state index is 12.6. The SMILES string of the molecule is CCc1ccc(-c2cn3nc(N4CCC(C(=O)NC5CCCC5)CC4)sc3n2)cc1. The monoisotopic (exact) mass is 423 g/mol. The first-order chi connectivity index (χ1) is 14.7. The molecule has 1 aromatic carbocycles. The first kappa shape index (κ1) is 19.5. The third-order valence-electron chi connectivity index (χ3n) is 6.53. The summed E-state index contributed by atoms with van der Waals surface area (Å²) in [6.07, 6.45) is 9.65. The van der Waals surface area contributed by atoms with E-state index in [9.17, 15) is 4.79 Å². The molecule has 1 aliphatic heterocycles. The number of imidazole rings is 1. The molecule has 0 unspecified atom stereocenters. The van der Waals surface area contributed by atoms with Crippen molar-refractivity contribution in [1.82, 2.24) is 19.9 Å². The number of nitrogens with zero attached hydrogens (tertiary/aromatic N) is 4. The molecule has 2 fully saturated rings. The van der Waals surface area contributed by atoms with Crippen LogP contribution in [0.3, 0.4) is 0 Å². The molecule has 1 saturated heterocycles. The number of amides is 1. The minimum Gasteiger partial charge on any atom is -0.353 e. The van der Waals surface area contributed by atoms with E-state index in [4.69, 9.17) is 10.1 Å². The average molecular weight is 424 g/mol. The summed E-state index contributed by atoms with van der Waals surface area (Å²) in [7, 11) is 0. The van der Waals surface area contributed by atoms with Gasteiger partial charge in [0.2, 0.25) is 16.0 Å². The molecular formula is C23H29N5OS. The smallest absolute Gasteiger partial charge is 0.223 e. The third-order valence-corrected chi connectivity index (χ3v) is 7.51. The summed E-state index contributed by atoms with van der Waals surface area (Å²) < 4.78 is 1.89. The number of carbonyl (C=O) groups excluding carboxylic acids is 1. The van der Waals surface area contributed by atoms with Gasteiger partial charge in [0, 0.05) is 30.6 Å². The van der Waals surface area contributed by atoms with Gasteiger partial charge < -0.3 is 10.2 Å². The normalized spacial score (nSPS) is 18.4. The first-order valence-electron chi connectivity index (χ1n) is 11.2. The van der Waals surface area contributed by atoms with Gasteiger partial charge in [-0.05, 0) is 37.7 Å². The van der Waals surface area contributed by atoms with Crippen molar-refractivity contribution in [2.24, 2.45) is 5.92 Å². The fourth-order valence-electron chi connectivity index (χ4n) is 4.59. The van der Waals surface area contributed by atoms with E-state index in [1.54, 1.807) is 11.3 Å². The fourth-order valence-corrected chi connectivity index (χ4v) is 5.52. The number of aryl methyl sites for hydroxylation is 1. The maximum Gasteiger partial charge on any atom is 0.223 e. The highest BCUT2D eigenvalue weighted by Crippen LogP contribution is 2.30. The van der Waals surface area contributed by atoms with Gasteiger partial charge in [0.1, 0.15) is 0 Å². The van der Waals surface area contributed by atoms with Gasteiger partial charge in [-0.1, -0.05) is 55.4 Å². The van der Waals surface area contributed by atoms with Crippen LogP contribution in [0.2, 0.25) is 0 Å². The van der Waals surface area contributed by atoms with Crippen LogP contribution >= 0.6 is 11.3 Å². The number of piperidine rings is 1. The molecule has 5 rings (SSSR count). The van der Waals surface area contributed by atoms with Gasteiger partial charge in [-0.15, -0.1) is 5.10 Å². The van der Waals surface area contributed by atoms with Crippen LogP contribution in [-0.4, -0.2) is 39.6 Å². The van der Waals surface area contributed by atoms with Crippen LogP contribution in [0.5, 0.6) is 0 Å². The number of hydrogen-bond donors (Lipinski definition) is 1. The number of aromatic nitrogens is 3. The van der Waals surface area contributed by atoms with Crippen molar-refractivity contribution >= 4 is 27.3 Å². The van der Waals surface area contributed by atoms with E-state index in [0.29, 0.717) is 6.04 Å². The summed E-state index contributed by atoms with van der Waals surface area (Å²) in [4.78, 5) is 20.6. The number of nitrogens with one attached hydrogen (secondary N) is 1. The summed E-state index contributed by atoms with van der Waals surface area (Å²) in [6.45, 7) is 3.92. The van der Waals surface area contributed by atoms with Crippen LogP contribution in [0.15, 0.2) is 30.5 Å². The fraction of sp³-hybridized carbons (Fsp3) is 0.522. The van der Waals surface area contributed by atoms with Crippen LogP contribution in [-0.2, 0) is 11.2 Å². The van der Waals surface area contributed by atoms with Crippen LogP contribution in [0.4, 0.5) is 5.13 Å². The van der Waals surface area contributed by atoms with E-state index in [1.165, 1.54) is 18.4 Å². The Balaban J connectivity index is 1.21. The molecule has 1 N–H and O–H groups in total. The molecule has 6 nitrogen and oxygen atoms in total. The zero-order valence-corrected chi connectivity index (χ0v) is 18.3. The predicted molar refractivity (Wildman–Crippen MR) is 121 cm³/mol. The Kier molecular flexibility index (Phi) is 5.46. The second-order valence-corrected chi connectivity index (χ2v) is 9.47. The zero-order valence-electron chi connectivity index (χ0n) is 17.5. The standard InChI is InChI=1S/C23H29N5OS/c1-2-16-7-9-17(10-8-16)20-15-28-22(25-20)30-23(26-28)27-13-11-18(12-14-27)21(29)24-19-5-3-4-6-19/h7-10,15,18-19H,2-6,11-14H2,1H3,(H,24,29). The predicted octanol–water partition coefficient (Wildman–Crippen LogP) is 4.30. The average Bonchev–Trinajstić information content (AvgIpc) is 3.51. The van der Waals surface area contributed by atoms with E-state index < -0.39 is 0 Å². The van der Waals surface area contributed by atoms with Gasteiger partial charge in [0.15, 0.2) is 0 Å². The number of hydrogen-bond acceptors (Lipinski definition) is 5. The lowest BCUT2D eigenvalue weighted by Gasteiger charge is -2.31. The zero-order chi connectivity index (χ0) is 20.5.